The molecule has 1 aliphatic heterocycles. The Kier molecular flexibility index (Phi) is 3.50. The first-order chi connectivity index (χ1) is 8.81. The first kappa shape index (κ1) is 12.0. The van der Waals surface area contributed by atoms with Crippen LogP contribution in [0.25, 0.3) is 0 Å². The second kappa shape index (κ2) is 5.26. The fourth-order valence-corrected chi connectivity index (χ4v) is 3.76. The van der Waals surface area contributed by atoms with E-state index in [0.29, 0.717) is 11.7 Å². The minimum atomic E-state index is -0.322. The van der Waals surface area contributed by atoms with Gasteiger partial charge in [-0.2, -0.15) is 0 Å². The summed E-state index contributed by atoms with van der Waals surface area (Å²) in [5.41, 5.74) is 0.676. The van der Waals surface area contributed by atoms with Crippen LogP contribution >= 0.6 is 11.8 Å². The van der Waals surface area contributed by atoms with Gasteiger partial charge in [-0.25, -0.2) is 4.39 Å². The molecule has 0 aromatic carbocycles. The Balaban J connectivity index is 1.71. The van der Waals surface area contributed by atoms with Crippen LogP contribution in [-0.2, 0) is 0 Å². The molecule has 1 aromatic heterocycles. The minimum absolute atomic E-state index is 0.322. The Labute approximate surface area is 110 Å². The normalized spacial score (nSPS) is 27.3. The van der Waals surface area contributed by atoms with E-state index in [9.17, 15) is 4.39 Å². The number of fused-ring (bicyclic) bond motifs is 1. The first-order valence-electron chi connectivity index (χ1n) is 6.39. The summed E-state index contributed by atoms with van der Waals surface area (Å²) in [6.45, 7) is 0. The third-order valence-electron chi connectivity index (χ3n) is 3.54. The molecule has 1 saturated carbocycles. The molecule has 0 radical (unpaired) electrons. The average molecular weight is 265 g/mol. The van der Waals surface area contributed by atoms with Crippen LogP contribution in [0.3, 0.4) is 0 Å². The van der Waals surface area contributed by atoms with Crippen LogP contribution in [0, 0.1) is 11.7 Å². The van der Waals surface area contributed by atoms with Crippen molar-refractivity contribution in [2.24, 2.45) is 10.9 Å². The Morgan fingerprint density at radius 2 is 2.17 bits per heavy atom. The Morgan fingerprint density at radius 3 is 3.06 bits per heavy atom. The molecule has 2 atom stereocenters. The van der Waals surface area contributed by atoms with E-state index in [0.717, 1.165) is 16.8 Å². The summed E-state index contributed by atoms with van der Waals surface area (Å²) in [5.74, 6) is 1.54. The van der Waals surface area contributed by atoms with Crippen molar-refractivity contribution in [2.75, 3.05) is 11.1 Å². The van der Waals surface area contributed by atoms with E-state index < -0.39 is 0 Å². The quantitative estimate of drug-likeness (QED) is 0.846. The maximum atomic E-state index is 13.0. The van der Waals surface area contributed by atoms with Crippen molar-refractivity contribution in [3.63, 3.8) is 0 Å². The fraction of sp³-hybridized carbons (Fsp3) is 0.538. The van der Waals surface area contributed by atoms with Crippen molar-refractivity contribution in [3.05, 3.63) is 24.3 Å². The predicted molar refractivity (Wildman–Crippen MR) is 73.5 cm³/mol. The summed E-state index contributed by atoms with van der Waals surface area (Å²) >= 11 is 1.74. The molecule has 96 valence electrons. The third kappa shape index (κ3) is 2.66. The molecule has 0 bridgehead atoms. The third-order valence-corrected chi connectivity index (χ3v) is 4.62. The molecule has 0 amide bonds. The molecule has 5 heteroatoms. The SMILES string of the molecule is Fc1cncc(NC2=NC3CCCCC3CS2)c1. The molecule has 3 rings (SSSR count). The number of thioether (sulfide) groups is 1. The first-order valence-corrected chi connectivity index (χ1v) is 7.38. The van der Waals surface area contributed by atoms with Crippen molar-refractivity contribution < 1.29 is 4.39 Å². The van der Waals surface area contributed by atoms with Gasteiger partial charge in [0.25, 0.3) is 0 Å². The Hall–Kier alpha value is -1.10. The van der Waals surface area contributed by atoms with E-state index in [1.807, 2.05) is 0 Å². The molecule has 3 nitrogen and oxygen atoms in total. The van der Waals surface area contributed by atoms with Gasteiger partial charge in [-0.1, -0.05) is 24.6 Å². The van der Waals surface area contributed by atoms with E-state index in [4.69, 9.17) is 4.99 Å². The van der Waals surface area contributed by atoms with Gasteiger partial charge in [0.05, 0.1) is 24.1 Å². The van der Waals surface area contributed by atoms with E-state index in [2.05, 4.69) is 10.3 Å². The van der Waals surface area contributed by atoms with Gasteiger partial charge in [0.15, 0.2) is 5.17 Å². The van der Waals surface area contributed by atoms with E-state index in [1.165, 1.54) is 37.9 Å². The molecular weight excluding hydrogens is 249 g/mol. The number of nitrogens with zero attached hydrogens (tertiary/aromatic N) is 2. The molecule has 1 aliphatic carbocycles. The number of anilines is 1. The lowest BCUT2D eigenvalue weighted by Crippen LogP contribution is -2.31. The molecule has 2 aliphatic rings. The van der Waals surface area contributed by atoms with Crippen molar-refractivity contribution >= 4 is 22.6 Å². The number of pyridine rings is 1. The molecule has 2 heterocycles. The van der Waals surface area contributed by atoms with Gasteiger partial charge >= 0.3 is 0 Å². The maximum Gasteiger partial charge on any atom is 0.161 e. The standard InChI is InChI=1S/C13H16FN3S/c14-10-5-11(7-15-6-10)16-13-17-12-4-2-1-3-9(12)8-18-13/h5-7,9,12H,1-4,8H2,(H,16,17). The van der Waals surface area contributed by atoms with Gasteiger partial charge in [-0.3, -0.25) is 9.98 Å². The van der Waals surface area contributed by atoms with Crippen molar-refractivity contribution in [2.45, 2.75) is 31.7 Å². The molecule has 18 heavy (non-hydrogen) atoms. The number of halogens is 1. The van der Waals surface area contributed by atoms with Crippen molar-refractivity contribution in [1.82, 2.24) is 4.98 Å². The number of hydrogen-bond acceptors (Lipinski definition) is 4. The number of aliphatic imine (C=N–C) groups is 1. The second-order valence-electron chi connectivity index (χ2n) is 4.87. The lowest BCUT2D eigenvalue weighted by molar-refractivity contribution is 0.336. The van der Waals surface area contributed by atoms with Crippen LogP contribution in [0.2, 0.25) is 0 Å². The van der Waals surface area contributed by atoms with Gasteiger partial charge < -0.3 is 5.32 Å². The second-order valence-corrected chi connectivity index (χ2v) is 5.88. The Bertz CT molecular complexity index is 463. The largest absolute Gasteiger partial charge is 0.334 e. The zero-order chi connectivity index (χ0) is 12.4. The van der Waals surface area contributed by atoms with Gasteiger partial charge in [0.1, 0.15) is 5.82 Å². The van der Waals surface area contributed by atoms with Crippen LogP contribution < -0.4 is 5.32 Å². The molecule has 0 saturated heterocycles. The van der Waals surface area contributed by atoms with Gasteiger partial charge in [-0.05, 0) is 18.8 Å². The predicted octanol–water partition coefficient (Wildman–Crippen LogP) is 3.29. The highest BCUT2D eigenvalue weighted by atomic mass is 32.2. The van der Waals surface area contributed by atoms with Crippen molar-refractivity contribution in [1.29, 1.82) is 0 Å². The summed E-state index contributed by atoms with van der Waals surface area (Å²) in [6, 6.07) is 1.91. The van der Waals surface area contributed by atoms with Gasteiger partial charge in [-0.15, -0.1) is 0 Å². The number of hydrogen-bond donors (Lipinski definition) is 1. The molecular formula is C13H16FN3S. The number of amidine groups is 1. The van der Waals surface area contributed by atoms with Crippen molar-refractivity contribution in [3.8, 4) is 0 Å². The lowest BCUT2D eigenvalue weighted by Gasteiger charge is -2.32. The van der Waals surface area contributed by atoms with Gasteiger partial charge in [0, 0.05) is 11.8 Å². The highest BCUT2D eigenvalue weighted by Crippen LogP contribution is 2.34. The summed E-state index contributed by atoms with van der Waals surface area (Å²) in [5, 5.41) is 4.07. The van der Waals surface area contributed by atoms with E-state index >= 15 is 0 Å². The summed E-state index contributed by atoms with van der Waals surface area (Å²) < 4.78 is 13.0. The zero-order valence-electron chi connectivity index (χ0n) is 10.1. The van der Waals surface area contributed by atoms with Crippen LogP contribution in [0.5, 0.6) is 0 Å². The molecule has 2 unspecified atom stereocenters. The summed E-state index contributed by atoms with van der Waals surface area (Å²) in [6.07, 6.45) is 7.95. The highest BCUT2D eigenvalue weighted by molar-refractivity contribution is 8.14. The topological polar surface area (TPSA) is 37.3 Å². The Morgan fingerprint density at radius 1 is 1.28 bits per heavy atom. The molecule has 1 fully saturated rings. The molecule has 1 N–H and O–H groups in total. The summed E-state index contributed by atoms with van der Waals surface area (Å²) in [7, 11) is 0. The smallest absolute Gasteiger partial charge is 0.161 e. The van der Waals surface area contributed by atoms with Crippen LogP contribution in [0.4, 0.5) is 10.1 Å². The van der Waals surface area contributed by atoms with Crippen LogP contribution in [0.1, 0.15) is 25.7 Å². The van der Waals surface area contributed by atoms with Crippen LogP contribution in [-0.4, -0.2) is 21.9 Å². The van der Waals surface area contributed by atoms with E-state index in [1.54, 1.807) is 18.0 Å². The maximum absolute atomic E-state index is 13.0. The fourth-order valence-electron chi connectivity index (χ4n) is 2.60. The monoisotopic (exact) mass is 265 g/mol. The van der Waals surface area contributed by atoms with Gasteiger partial charge in [0.2, 0.25) is 0 Å². The average Bonchev–Trinajstić information content (AvgIpc) is 2.39. The molecule has 0 spiro atoms. The number of aromatic nitrogens is 1. The van der Waals surface area contributed by atoms with E-state index in [-0.39, 0.29) is 5.82 Å². The minimum Gasteiger partial charge on any atom is -0.334 e. The number of rotatable bonds is 1. The zero-order valence-corrected chi connectivity index (χ0v) is 10.9. The molecule has 1 aromatic rings. The summed E-state index contributed by atoms with van der Waals surface area (Å²) in [4.78, 5) is 8.58. The number of nitrogens with one attached hydrogen (secondary N) is 1. The van der Waals surface area contributed by atoms with Crippen LogP contribution in [0.15, 0.2) is 23.5 Å². The lowest BCUT2D eigenvalue weighted by atomic mass is 9.86. The highest BCUT2D eigenvalue weighted by Gasteiger charge is 2.29.